The number of allylic oxidation sites excluding steroid dienone is 2. The van der Waals surface area contributed by atoms with Gasteiger partial charge in [-0.3, -0.25) is 0 Å². The van der Waals surface area contributed by atoms with Crippen molar-refractivity contribution in [2.45, 2.75) is 96.9 Å². The second kappa shape index (κ2) is 11.8. The maximum absolute atomic E-state index is 10.2. The van der Waals surface area contributed by atoms with Crippen LogP contribution in [0.2, 0.25) is 0 Å². The van der Waals surface area contributed by atoms with E-state index in [-0.39, 0.29) is 11.8 Å². The van der Waals surface area contributed by atoms with Crippen molar-refractivity contribution < 1.29 is 15.3 Å². The molecule has 1 rings (SSSR count). The summed E-state index contributed by atoms with van der Waals surface area (Å²) in [4.78, 5) is 0. The average molecular weight is 339 g/mol. The lowest BCUT2D eigenvalue weighted by Gasteiger charge is -2.21. The van der Waals surface area contributed by atoms with E-state index in [1.807, 2.05) is 12.2 Å². The van der Waals surface area contributed by atoms with Crippen LogP contribution in [0.3, 0.4) is 0 Å². The van der Waals surface area contributed by atoms with Gasteiger partial charge in [-0.25, -0.2) is 0 Å². The van der Waals surface area contributed by atoms with E-state index in [0.29, 0.717) is 12.8 Å². The van der Waals surface area contributed by atoms with Crippen LogP contribution >= 0.6 is 0 Å². The molecule has 24 heavy (non-hydrogen) atoms. The van der Waals surface area contributed by atoms with Crippen LogP contribution in [-0.2, 0) is 0 Å². The highest BCUT2D eigenvalue weighted by molar-refractivity contribution is 5.04. The van der Waals surface area contributed by atoms with E-state index in [1.54, 1.807) is 0 Å². The maximum Gasteiger partial charge on any atom is 0.0724 e. The van der Waals surface area contributed by atoms with Gasteiger partial charge in [0.2, 0.25) is 0 Å². The van der Waals surface area contributed by atoms with Gasteiger partial charge >= 0.3 is 0 Å². The zero-order valence-electron chi connectivity index (χ0n) is 15.8. The Morgan fingerprint density at radius 2 is 1.79 bits per heavy atom. The predicted molar refractivity (Wildman–Crippen MR) is 101 cm³/mol. The highest BCUT2D eigenvalue weighted by Crippen LogP contribution is 2.37. The summed E-state index contributed by atoms with van der Waals surface area (Å²) in [6.07, 6.45) is 13.6. The molecule has 1 aliphatic rings. The van der Waals surface area contributed by atoms with Crippen molar-refractivity contribution in [1.82, 2.24) is 0 Å². The highest BCUT2D eigenvalue weighted by atomic mass is 16.3. The van der Waals surface area contributed by atoms with E-state index >= 15 is 0 Å². The average Bonchev–Trinajstić information content (AvgIpc) is 2.78. The van der Waals surface area contributed by atoms with Crippen LogP contribution < -0.4 is 0 Å². The minimum atomic E-state index is -0.484. The molecular formula is C21H38O3. The molecule has 3 heteroatoms. The molecule has 1 fully saturated rings. The Balaban J connectivity index is 2.46. The van der Waals surface area contributed by atoms with Crippen LogP contribution in [0.15, 0.2) is 23.8 Å². The summed E-state index contributed by atoms with van der Waals surface area (Å²) in [6, 6.07) is 0. The van der Waals surface area contributed by atoms with Crippen molar-refractivity contribution in [1.29, 1.82) is 0 Å². The predicted octanol–water partition coefficient (Wildman–Crippen LogP) is 4.37. The van der Waals surface area contributed by atoms with E-state index in [9.17, 15) is 15.3 Å². The Labute approximate surface area is 148 Å². The topological polar surface area (TPSA) is 60.7 Å². The first-order valence-electron chi connectivity index (χ1n) is 9.81. The van der Waals surface area contributed by atoms with E-state index in [2.05, 4.69) is 26.8 Å². The fraction of sp³-hybridized carbons (Fsp3) is 0.810. The van der Waals surface area contributed by atoms with Gasteiger partial charge in [-0.1, -0.05) is 62.8 Å². The first-order chi connectivity index (χ1) is 11.5. The molecule has 0 aromatic rings. The Bertz CT molecular complexity index is 385. The van der Waals surface area contributed by atoms with E-state index in [0.717, 1.165) is 19.3 Å². The zero-order valence-corrected chi connectivity index (χ0v) is 15.8. The van der Waals surface area contributed by atoms with Gasteiger partial charge in [-0.15, -0.1) is 0 Å². The molecular weight excluding hydrogens is 300 g/mol. The summed E-state index contributed by atoms with van der Waals surface area (Å²) >= 11 is 0. The van der Waals surface area contributed by atoms with Crippen LogP contribution in [0.1, 0.15) is 78.6 Å². The van der Waals surface area contributed by atoms with E-state index < -0.39 is 18.3 Å². The number of aliphatic hydroxyl groups excluding tert-OH is 3. The van der Waals surface area contributed by atoms with Crippen molar-refractivity contribution in [3.63, 3.8) is 0 Å². The second-order valence-electron chi connectivity index (χ2n) is 7.63. The van der Waals surface area contributed by atoms with Gasteiger partial charge in [0, 0.05) is 12.3 Å². The number of aliphatic hydroxyl groups is 3. The van der Waals surface area contributed by atoms with Crippen molar-refractivity contribution in [2.24, 2.45) is 11.8 Å². The molecule has 0 amide bonds. The smallest absolute Gasteiger partial charge is 0.0724 e. The fourth-order valence-corrected chi connectivity index (χ4v) is 3.66. The molecule has 0 spiro atoms. The Morgan fingerprint density at radius 3 is 2.46 bits per heavy atom. The van der Waals surface area contributed by atoms with Crippen LogP contribution in [0, 0.1) is 11.8 Å². The summed E-state index contributed by atoms with van der Waals surface area (Å²) < 4.78 is 0. The third kappa shape index (κ3) is 7.96. The molecule has 1 saturated carbocycles. The fourth-order valence-electron chi connectivity index (χ4n) is 3.66. The lowest BCUT2D eigenvalue weighted by Crippen LogP contribution is -2.21. The molecule has 0 aromatic heterocycles. The number of rotatable bonds is 11. The molecule has 3 nitrogen and oxygen atoms in total. The lowest BCUT2D eigenvalue weighted by atomic mass is 9.88. The van der Waals surface area contributed by atoms with Gasteiger partial charge in [0.25, 0.3) is 0 Å². The Kier molecular flexibility index (Phi) is 10.6. The molecule has 0 aromatic carbocycles. The third-order valence-electron chi connectivity index (χ3n) is 5.13. The second-order valence-corrected chi connectivity index (χ2v) is 7.63. The largest absolute Gasteiger partial charge is 0.393 e. The van der Waals surface area contributed by atoms with Crippen molar-refractivity contribution in [3.05, 3.63) is 23.8 Å². The summed E-state index contributed by atoms with van der Waals surface area (Å²) in [5, 5.41) is 30.5. The highest BCUT2D eigenvalue weighted by Gasteiger charge is 2.39. The quantitative estimate of drug-likeness (QED) is 0.387. The molecule has 0 radical (unpaired) electrons. The van der Waals surface area contributed by atoms with Crippen molar-refractivity contribution in [2.75, 3.05) is 0 Å². The monoisotopic (exact) mass is 338 g/mol. The Hall–Kier alpha value is -0.640. The minimum absolute atomic E-state index is 0.0238. The molecule has 0 aliphatic heterocycles. The molecule has 140 valence electrons. The molecule has 1 aliphatic carbocycles. The summed E-state index contributed by atoms with van der Waals surface area (Å²) in [6.45, 7) is 6.33. The number of hydrogen-bond acceptors (Lipinski definition) is 3. The molecule has 5 atom stereocenters. The van der Waals surface area contributed by atoms with Crippen LogP contribution in [-0.4, -0.2) is 33.6 Å². The molecule has 0 heterocycles. The van der Waals surface area contributed by atoms with E-state index in [4.69, 9.17) is 0 Å². The van der Waals surface area contributed by atoms with Crippen LogP contribution in [0.4, 0.5) is 0 Å². The maximum atomic E-state index is 10.2. The molecule has 3 N–H and O–H groups in total. The summed E-state index contributed by atoms with van der Waals surface area (Å²) in [5.74, 6) is 0.104. The van der Waals surface area contributed by atoms with Crippen molar-refractivity contribution >= 4 is 0 Å². The standard InChI is InChI=1S/C21H38O3/c1-4-5-6-7-8-12-18-19(21(24)15-20(18)23)14-13-17(22)11-9-10-16(2)3/h10,13-14,17-24H,4-9,11-12,15H2,1-3H3/b14-13+/t17-,18-,19-,20+,21-/m1/s1. The Morgan fingerprint density at radius 1 is 1.08 bits per heavy atom. The van der Waals surface area contributed by atoms with Crippen LogP contribution in [0.5, 0.6) is 0 Å². The first kappa shape index (κ1) is 21.4. The van der Waals surface area contributed by atoms with Gasteiger partial charge in [0.05, 0.1) is 18.3 Å². The van der Waals surface area contributed by atoms with Gasteiger partial charge in [-0.2, -0.15) is 0 Å². The normalized spacial score (nSPS) is 28.4. The lowest BCUT2D eigenvalue weighted by molar-refractivity contribution is 0.115. The zero-order chi connectivity index (χ0) is 17.9. The molecule has 0 saturated heterocycles. The van der Waals surface area contributed by atoms with Gasteiger partial charge < -0.3 is 15.3 Å². The summed E-state index contributed by atoms with van der Waals surface area (Å²) in [7, 11) is 0. The first-order valence-corrected chi connectivity index (χ1v) is 9.81. The molecule has 0 unspecified atom stereocenters. The van der Waals surface area contributed by atoms with Gasteiger partial charge in [-0.05, 0) is 39.0 Å². The number of hydrogen-bond donors (Lipinski definition) is 3. The van der Waals surface area contributed by atoms with Gasteiger partial charge in [0.15, 0.2) is 0 Å². The third-order valence-corrected chi connectivity index (χ3v) is 5.13. The number of unbranched alkanes of at least 4 members (excludes halogenated alkanes) is 4. The molecule has 0 bridgehead atoms. The SMILES string of the molecule is CCCCCCC[C@@H]1[C@@H](/C=C/[C@H](O)CCC=C(C)C)[C@H](O)C[C@@H]1O. The van der Waals surface area contributed by atoms with Crippen molar-refractivity contribution in [3.8, 4) is 0 Å². The van der Waals surface area contributed by atoms with E-state index in [1.165, 1.54) is 31.3 Å². The van der Waals surface area contributed by atoms with Gasteiger partial charge in [0.1, 0.15) is 0 Å². The van der Waals surface area contributed by atoms with Crippen LogP contribution in [0.25, 0.3) is 0 Å². The summed E-state index contributed by atoms with van der Waals surface area (Å²) in [5.41, 5.74) is 1.27. The minimum Gasteiger partial charge on any atom is -0.393 e.